The lowest BCUT2D eigenvalue weighted by Gasteiger charge is -2.33. The zero-order chi connectivity index (χ0) is 15.6. The van der Waals surface area contributed by atoms with E-state index in [2.05, 4.69) is 0 Å². The van der Waals surface area contributed by atoms with Gasteiger partial charge in [0.2, 0.25) is 0 Å². The number of nitrogens with one attached hydrogen (secondary N) is 2. The molecule has 0 aromatic carbocycles. The highest BCUT2D eigenvalue weighted by Gasteiger charge is 2.44. The molecule has 1 aliphatic carbocycles. The van der Waals surface area contributed by atoms with Gasteiger partial charge in [-0.25, -0.2) is 0 Å². The van der Waals surface area contributed by atoms with E-state index in [4.69, 9.17) is 0 Å². The molecule has 0 heterocycles. The molecule has 0 unspecified atom stereocenters. The second-order valence-corrected chi connectivity index (χ2v) is 4.44. The minimum Gasteiger partial charge on any atom is -0.343 e. The van der Waals surface area contributed by atoms with Crippen LogP contribution in [0.1, 0.15) is 25.7 Å². The summed E-state index contributed by atoms with van der Waals surface area (Å²) >= 11 is 0. The quantitative estimate of drug-likeness (QED) is 0.762. The molecule has 1 fully saturated rings. The van der Waals surface area contributed by atoms with E-state index < -0.39 is 36.3 Å². The number of carbonyl (C=O) groups excluding carboxylic acids is 2. The number of hydrogen-bond acceptors (Lipinski definition) is 2. The zero-order valence-corrected chi connectivity index (χ0v) is 10.1. The Balaban J connectivity index is 2.68. The largest absolute Gasteiger partial charge is 0.471 e. The first-order valence-electron chi connectivity index (χ1n) is 5.77. The number of halogens is 6. The average Bonchev–Trinajstić information content (AvgIpc) is 2.29. The third-order valence-corrected chi connectivity index (χ3v) is 2.91. The van der Waals surface area contributed by atoms with E-state index in [-0.39, 0.29) is 12.8 Å². The Bertz CT molecular complexity index is 343. The van der Waals surface area contributed by atoms with E-state index >= 15 is 0 Å². The number of hydrogen-bond donors (Lipinski definition) is 2. The minimum atomic E-state index is -5.12. The van der Waals surface area contributed by atoms with Gasteiger partial charge in [0.05, 0.1) is 0 Å². The van der Waals surface area contributed by atoms with E-state index in [0.717, 1.165) is 0 Å². The van der Waals surface area contributed by atoms with Gasteiger partial charge in [0, 0.05) is 12.1 Å². The number of rotatable bonds is 2. The Morgan fingerprint density at radius 3 is 1.30 bits per heavy atom. The fourth-order valence-corrected chi connectivity index (χ4v) is 1.98. The summed E-state index contributed by atoms with van der Waals surface area (Å²) in [5, 5.41) is 3.24. The lowest BCUT2D eigenvalue weighted by atomic mass is 9.90. The second-order valence-electron chi connectivity index (χ2n) is 4.44. The van der Waals surface area contributed by atoms with Crippen LogP contribution in [0.2, 0.25) is 0 Å². The van der Waals surface area contributed by atoms with Crippen molar-refractivity contribution in [3.63, 3.8) is 0 Å². The summed E-state index contributed by atoms with van der Waals surface area (Å²) in [5.74, 6) is -4.45. The molecular formula is C10H12F6N2O2. The molecule has 0 bridgehead atoms. The molecule has 116 valence electrons. The van der Waals surface area contributed by atoms with Crippen LogP contribution in [0.4, 0.5) is 26.3 Å². The molecule has 20 heavy (non-hydrogen) atoms. The molecule has 0 spiro atoms. The number of amides is 2. The normalized spacial score (nSPS) is 24.1. The maximum atomic E-state index is 12.1. The van der Waals surface area contributed by atoms with Crippen LogP contribution >= 0.6 is 0 Å². The molecule has 1 saturated carbocycles. The predicted molar refractivity (Wildman–Crippen MR) is 54.4 cm³/mol. The summed E-state index contributed by atoms with van der Waals surface area (Å²) in [7, 11) is 0. The van der Waals surface area contributed by atoms with Gasteiger partial charge in [0.15, 0.2) is 0 Å². The molecule has 2 N–H and O–H groups in total. The van der Waals surface area contributed by atoms with Gasteiger partial charge in [-0.1, -0.05) is 12.8 Å². The average molecular weight is 306 g/mol. The summed E-state index contributed by atoms with van der Waals surface area (Å²) in [4.78, 5) is 21.6. The van der Waals surface area contributed by atoms with Crippen molar-refractivity contribution in [1.82, 2.24) is 10.6 Å². The molecule has 0 radical (unpaired) electrons. The first-order valence-corrected chi connectivity index (χ1v) is 5.77. The molecule has 0 saturated heterocycles. The predicted octanol–water partition coefficient (Wildman–Crippen LogP) is 1.65. The maximum Gasteiger partial charge on any atom is 0.471 e. The van der Waals surface area contributed by atoms with Crippen molar-refractivity contribution < 1.29 is 35.9 Å². The van der Waals surface area contributed by atoms with Gasteiger partial charge in [0.1, 0.15) is 0 Å². The summed E-state index contributed by atoms with van der Waals surface area (Å²) in [6.45, 7) is 0. The van der Waals surface area contributed by atoms with Crippen LogP contribution in [0.15, 0.2) is 0 Å². The maximum absolute atomic E-state index is 12.1. The molecule has 4 nitrogen and oxygen atoms in total. The van der Waals surface area contributed by atoms with Crippen molar-refractivity contribution >= 4 is 11.8 Å². The van der Waals surface area contributed by atoms with Gasteiger partial charge in [-0.05, 0) is 12.8 Å². The lowest BCUT2D eigenvalue weighted by Crippen LogP contribution is -2.57. The Labute approximate surface area is 109 Å². The van der Waals surface area contributed by atoms with E-state index in [0.29, 0.717) is 12.8 Å². The molecule has 2 amide bonds. The highest BCUT2D eigenvalue weighted by molar-refractivity contribution is 5.83. The van der Waals surface area contributed by atoms with E-state index in [1.807, 2.05) is 0 Å². The van der Waals surface area contributed by atoms with Crippen molar-refractivity contribution in [3.8, 4) is 0 Å². The highest BCUT2D eigenvalue weighted by Crippen LogP contribution is 2.23. The van der Waals surface area contributed by atoms with Crippen molar-refractivity contribution in [3.05, 3.63) is 0 Å². The van der Waals surface area contributed by atoms with Crippen molar-refractivity contribution in [2.75, 3.05) is 0 Å². The lowest BCUT2D eigenvalue weighted by molar-refractivity contribution is -0.177. The minimum absolute atomic E-state index is 0.0740. The Morgan fingerprint density at radius 1 is 0.750 bits per heavy atom. The van der Waals surface area contributed by atoms with Gasteiger partial charge in [-0.15, -0.1) is 0 Å². The standard InChI is InChI=1S/C10H12F6N2O2/c11-9(12,13)7(19)17-5-3-1-2-4-6(5)18-8(20)10(14,15)16/h5-6H,1-4H2,(H,17,19)(H,18,20)/t5-,6+. The molecule has 0 aromatic rings. The van der Waals surface area contributed by atoms with Crippen LogP contribution in [0.3, 0.4) is 0 Å². The van der Waals surface area contributed by atoms with Crippen LogP contribution in [-0.4, -0.2) is 36.3 Å². The Kier molecular flexibility index (Phi) is 4.87. The van der Waals surface area contributed by atoms with Gasteiger partial charge in [-0.3, -0.25) is 9.59 Å². The summed E-state index contributed by atoms with van der Waals surface area (Å²) in [6.07, 6.45) is -9.16. The van der Waals surface area contributed by atoms with Crippen LogP contribution in [0.5, 0.6) is 0 Å². The van der Waals surface area contributed by atoms with Crippen LogP contribution in [0.25, 0.3) is 0 Å². The second kappa shape index (κ2) is 5.88. The molecule has 10 heteroatoms. The van der Waals surface area contributed by atoms with Crippen molar-refractivity contribution in [2.45, 2.75) is 50.1 Å². The first kappa shape index (κ1) is 16.6. The number of carbonyl (C=O) groups is 2. The Morgan fingerprint density at radius 2 is 1.05 bits per heavy atom. The molecular weight excluding hydrogens is 294 g/mol. The summed E-state index contributed by atoms with van der Waals surface area (Å²) < 4.78 is 72.6. The number of alkyl halides is 6. The van der Waals surface area contributed by atoms with Gasteiger partial charge in [-0.2, -0.15) is 26.3 Å². The van der Waals surface area contributed by atoms with E-state index in [1.54, 1.807) is 10.6 Å². The van der Waals surface area contributed by atoms with Crippen LogP contribution < -0.4 is 10.6 Å². The van der Waals surface area contributed by atoms with Crippen LogP contribution in [0, 0.1) is 0 Å². The third kappa shape index (κ3) is 4.57. The SMILES string of the molecule is O=C(N[C@H]1CCCC[C@H]1NC(=O)C(F)(F)F)C(F)(F)F. The highest BCUT2D eigenvalue weighted by atomic mass is 19.4. The van der Waals surface area contributed by atoms with Crippen molar-refractivity contribution in [1.29, 1.82) is 0 Å². The molecule has 0 aliphatic heterocycles. The van der Waals surface area contributed by atoms with Crippen LogP contribution in [-0.2, 0) is 9.59 Å². The zero-order valence-electron chi connectivity index (χ0n) is 10.1. The first-order chi connectivity index (χ1) is 9.01. The fourth-order valence-electron chi connectivity index (χ4n) is 1.98. The van der Waals surface area contributed by atoms with Gasteiger partial charge in [0.25, 0.3) is 0 Å². The third-order valence-electron chi connectivity index (χ3n) is 2.91. The molecule has 2 atom stereocenters. The monoisotopic (exact) mass is 306 g/mol. The van der Waals surface area contributed by atoms with E-state index in [1.165, 1.54) is 0 Å². The van der Waals surface area contributed by atoms with Crippen molar-refractivity contribution in [2.24, 2.45) is 0 Å². The van der Waals surface area contributed by atoms with E-state index in [9.17, 15) is 35.9 Å². The van der Waals surface area contributed by atoms with Gasteiger partial charge >= 0.3 is 24.2 Å². The molecule has 1 aliphatic rings. The smallest absolute Gasteiger partial charge is 0.343 e. The van der Waals surface area contributed by atoms with Gasteiger partial charge < -0.3 is 10.6 Å². The fraction of sp³-hybridized carbons (Fsp3) is 0.800. The topological polar surface area (TPSA) is 58.2 Å². The molecule has 0 aromatic heterocycles. The molecule has 1 rings (SSSR count). The summed E-state index contributed by atoms with van der Waals surface area (Å²) in [6, 6.07) is -2.33. The Hall–Kier alpha value is -1.48. The summed E-state index contributed by atoms with van der Waals surface area (Å²) in [5.41, 5.74) is 0.